The summed E-state index contributed by atoms with van der Waals surface area (Å²) in [5.74, 6) is -1.33. The SMILES string of the molecule is Cc1nc2ccc(S(=O)(=O)Nc3c(F)cccc3F)cc2[nH]1. The molecule has 0 fully saturated rings. The van der Waals surface area contributed by atoms with Crippen LogP contribution in [0, 0.1) is 18.6 Å². The standard InChI is InChI=1S/C14H11F2N3O2S/c1-8-17-12-6-5-9(7-13(12)18-8)22(20,21)19-14-10(15)3-2-4-11(14)16/h2-7,19H,1H3,(H,17,18). The molecule has 5 nitrogen and oxygen atoms in total. The molecule has 1 heterocycles. The maximum atomic E-state index is 13.6. The number of nitrogens with zero attached hydrogens (tertiary/aromatic N) is 1. The Morgan fingerprint density at radius 3 is 2.50 bits per heavy atom. The van der Waals surface area contributed by atoms with Gasteiger partial charge in [0, 0.05) is 0 Å². The molecule has 2 aromatic carbocycles. The van der Waals surface area contributed by atoms with Gasteiger partial charge >= 0.3 is 0 Å². The zero-order valence-corrected chi connectivity index (χ0v) is 12.2. The molecule has 0 spiro atoms. The van der Waals surface area contributed by atoms with Crippen LogP contribution in [0.4, 0.5) is 14.5 Å². The van der Waals surface area contributed by atoms with Gasteiger partial charge in [-0.3, -0.25) is 4.72 Å². The van der Waals surface area contributed by atoms with Crippen molar-refractivity contribution < 1.29 is 17.2 Å². The molecular weight excluding hydrogens is 312 g/mol. The van der Waals surface area contributed by atoms with Crippen molar-refractivity contribution in [3.8, 4) is 0 Å². The summed E-state index contributed by atoms with van der Waals surface area (Å²) in [5.41, 5.74) is 0.422. The van der Waals surface area contributed by atoms with Gasteiger partial charge in [-0.1, -0.05) is 6.07 Å². The second kappa shape index (κ2) is 5.06. The van der Waals surface area contributed by atoms with Crippen LogP contribution < -0.4 is 4.72 Å². The summed E-state index contributed by atoms with van der Waals surface area (Å²) in [5, 5.41) is 0. The number of imidazole rings is 1. The topological polar surface area (TPSA) is 74.8 Å². The molecule has 3 rings (SSSR count). The molecule has 0 amide bonds. The van der Waals surface area contributed by atoms with Crippen molar-refractivity contribution in [2.24, 2.45) is 0 Å². The Kier molecular flexibility index (Phi) is 3.32. The number of para-hydroxylation sites is 1. The van der Waals surface area contributed by atoms with E-state index in [-0.39, 0.29) is 4.90 Å². The molecule has 0 bridgehead atoms. The molecule has 2 N–H and O–H groups in total. The van der Waals surface area contributed by atoms with Crippen molar-refractivity contribution >= 4 is 26.7 Å². The average molecular weight is 323 g/mol. The van der Waals surface area contributed by atoms with Crippen molar-refractivity contribution in [3.63, 3.8) is 0 Å². The summed E-state index contributed by atoms with van der Waals surface area (Å²) in [6, 6.07) is 7.30. The van der Waals surface area contributed by atoms with E-state index in [1.165, 1.54) is 18.2 Å². The minimum absolute atomic E-state index is 0.119. The number of hydrogen-bond donors (Lipinski definition) is 2. The Bertz CT molecular complexity index is 947. The van der Waals surface area contributed by atoms with Gasteiger partial charge < -0.3 is 4.98 Å². The second-order valence-electron chi connectivity index (χ2n) is 4.70. The maximum absolute atomic E-state index is 13.6. The molecule has 0 aliphatic heterocycles. The fourth-order valence-corrected chi connectivity index (χ4v) is 3.17. The summed E-state index contributed by atoms with van der Waals surface area (Å²) < 4.78 is 53.6. The monoisotopic (exact) mass is 323 g/mol. The zero-order valence-electron chi connectivity index (χ0n) is 11.4. The first kappa shape index (κ1) is 14.5. The first-order valence-corrected chi connectivity index (χ1v) is 7.78. The van der Waals surface area contributed by atoms with E-state index in [0.29, 0.717) is 16.9 Å². The molecule has 0 saturated carbocycles. The van der Waals surface area contributed by atoms with E-state index in [4.69, 9.17) is 0 Å². The van der Waals surface area contributed by atoms with E-state index in [1.807, 2.05) is 4.72 Å². The van der Waals surface area contributed by atoms with Gasteiger partial charge in [0.2, 0.25) is 0 Å². The number of H-pyrrole nitrogens is 1. The first-order chi connectivity index (χ1) is 10.4. The predicted octanol–water partition coefficient (Wildman–Crippen LogP) is 2.95. The van der Waals surface area contributed by atoms with Gasteiger partial charge in [-0.2, -0.15) is 0 Å². The van der Waals surface area contributed by atoms with Crippen LogP contribution in [0.25, 0.3) is 11.0 Å². The van der Waals surface area contributed by atoms with Crippen molar-refractivity contribution in [2.75, 3.05) is 4.72 Å². The van der Waals surface area contributed by atoms with Gasteiger partial charge in [0.15, 0.2) is 0 Å². The van der Waals surface area contributed by atoms with Gasteiger partial charge in [-0.25, -0.2) is 22.2 Å². The minimum Gasteiger partial charge on any atom is -0.342 e. The fourth-order valence-electron chi connectivity index (χ4n) is 2.07. The van der Waals surface area contributed by atoms with Crippen LogP contribution >= 0.6 is 0 Å². The van der Waals surface area contributed by atoms with E-state index in [2.05, 4.69) is 9.97 Å². The van der Waals surface area contributed by atoms with Gasteiger partial charge in [-0.05, 0) is 37.3 Å². The van der Waals surface area contributed by atoms with Crippen molar-refractivity contribution in [3.05, 3.63) is 53.9 Å². The normalized spacial score (nSPS) is 11.8. The lowest BCUT2D eigenvalue weighted by Crippen LogP contribution is -2.15. The Hall–Kier alpha value is -2.48. The second-order valence-corrected chi connectivity index (χ2v) is 6.39. The number of sulfonamides is 1. The minimum atomic E-state index is -4.12. The molecule has 1 aromatic heterocycles. The molecule has 0 aliphatic carbocycles. The van der Waals surface area contributed by atoms with Gasteiger partial charge in [0.1, 0.15) is 23.1 Å². The lowest BCUT2D eigenvalue weighted by atomic mass is 10.3. The molecule has 0 aliphatic rings. The lowest BCUT2D eigenvalue weighted by molar-refractivity contribution is 0.583. The van der Waals surface area contributed by atoms with E-state index in [9.17, 15) is 17.2 Å². The number of nitrogens with one attached hydrogen (secondary N) is 2. The summed E-state index contributed by atoms with van der Waals surface area (Å²) in [4.78, 5) is 6.94. The number of fused-ring (bicyclic) bond motifs is 1. The number of anilines is 1. The van der Waals surface area contributed by atoms with Gasteiger partial charge in [0.05, 0.1) is 15.9 Å². The van der Waals surface area contributed by atoms with Crippen molar-refractivity contribution in [2.45, 2.75) is 11.8 Å². The fraction of sp³-hybridized carbons (Fsp3) is 0.0714. The van der Waals surface area contributed by atoms with E-state index in [1.54, 1.807) is 6.92 Å². The first-order valence-electron chi connectivity index (χ1n) is 6.30. The average Bonchev–Trinajstić information content (AvgIpc) is 2.82. The quantitative estimate of drug-likeness (QED) is 0.778. The van der Waals surface area contributed by atoms with Crippen LogP contribution in [0.1, 0.15) is 5.82 Å². The Labute approximate surface area is 125 Å². The molecule has 0 unspecified atom stereocenters. The largest absolute Gasteiger partial charge is 0.342 e. The molecule has 0 radical (unpaired) electrons. The molecule has 0 saturated heterocycles. The number of halogens is 2. The third kappa shape index (κ3) is 2.52. The Morgan fingerprint density at radius 1 is 1.14 bits per heavy atom. The Morgan fingerprint density at radius 2 is 1.82 bits per heavy atom. The van der Waals surface area contributed by atoms with Crippen LogP contribution in [-0.4, -0.2) is 18.4 Å². The molecule has 0 atom stereocenters. The van der Waals surface area contributed by atoms with Crippen LogP contribution in [0.15, 0.2) is 41.3 Å². The summed E-state index contributed by atoms with van der Waals surface area (Å²) >= 11 is 0. The van der Waals surface area contributed by atoms with Crippen molar-refractivity contribution in [1.29, 1.82) is 0 Å². The van der Waals surface area contributed by atoms with Gasteiger partial charge in [-0.15, -0.1) is 0 Å². The smallest absolute Gasteiger partial charge is 0.262 e. The number of hydrogen-bond acceptors (Lipinski definition) is 3. The van der Waals surface area contributed by atoms with Crippen LogP contribution in [0.3, 0.4) is 0 Å². The maximum Gasteiger partial charge on any atom is 0.262 e. The summed E-state index contributed by atoms with van der Waals surface area (Å²) in [6.07, 6.45) is 0. The summed E-state index contributed by atoms with van der Waals surface area (Å²) in [6.45, 7) is 1.74. The van der Waals surface area contributed by atoms with E-state index < -0.39 is 27.3 Å². The molecule has 114 valence electrons. The number of rotatable bonds is 3. The third-order valence-electron chi connectivity index (χ3n) is 3.08. The van der Waals surface area contributed by atoms with Gasteiger partial charge in [0.25, 0.3) is 10.0 Å². The zero-order chi connectivity index (χ0) is 15.9. The summed E-state index contributed by atoms with van der Waals surface area (Å²) in [7, 11) is -4.12. The highest BCUT2D eigenvalue weighted by atomic mass is 32.2. The highest BCUT2D eigenvalue weighted by Gasteiger charge is 2.19. The Balaban J connectivity index is 2.04. The van der Waals surface area contributed by atoms with Crippen LogP contribution in [-0.2, 0) is 10.0 Å². The molecule has 22 heavy (non-hydrogen) atoms. The number of aromatic nitrogens is 2. The number of aromatic amines is 1. The highest BCUT2D eigenvalue weighted by Crippen LogP contribution is 2.24. The number of benzene rings is 2. The highest BCUT2D eigenvalue weighted by molar-refractivity contribution is 7.92. The molecular formula is C14H11F2N3O2S. The van der Waals surface area contributed by atoms with Crippen LogP contribution in [0.2, 0.25) is 0 Å². The number of aryl methyl sites for hydroxylation is 1. The molecule has 8 heteroatoms. The molecule has 3 aromatic rings. The van der Waals surface area contributed by atoms with E-state index >= 15 is 0 Å². The predicted molar refractivity (Wildman–Crippen MR) is 78.0 cm³/mol. The lowest BCUT2D eigenvalue weighted by Gasteiger charge is -2.09. The third-order valence-corrected chi connectivity index (χ3v) is 4.43. The van der Waals surface area contributed by atoms with Crippen molar-refractivity contribution in [1.82, 2.24) is 9.97 Å². The van der Waals surface area contributed by atoms with E-state index in [0.717, 1.165) is 18.2 Å². The van der Waals surface area contributed by atoms with Crippen LogP contribution in [0.5, 0.6) is 0 Å².